The Hall–Kier alpha value is -2.29. The molecule has 1 aromatic heterocycles. The molecule has 11 heteroatoms. The minimum absolute atomic E-state index is 0.0108. The molecule has 116 valence electrons. The molecule has 0 spiro atoms. The number of nitrogens with two attached hydrogens (primary N) is 1. The number of nitrogens with zero attached hydrogens (tertiary/aromatic N) is 4. The predicted octanol–water partition coefficient (Wildman–Crippen LogP) is -2.76. The van der Waals surface area contributed by atoms with Gasteiger partial charge in [0.1, 0.15) is 18.0 Å². The standard InChI is InChI=1S/C11H15BN6O4/c13-3-12-18-4-17(7-1-5(20)6(2-19)22-7)9-8(18)10(21)16-11(14)15-9/h5-7,12,19-20H,1-2,4H2,(H3,14,15,16,21)/t5-,6+,7+/m0/s1. The molecular weight excluding hydrogens is 291 g/mol. The number of fused-ring (bicyclic) bond motifs is 1. The number of nitrogen functional groups attached to an aromatic ring is 1. The van der Waals surface area contributed by atoms with E-state index in [1.165, 1.54) is 0 Å². The summed E-state index contributed by atoms with van der Waals surface area (Å²) in [6.07, 6.45) is -1.77. The number of nitrogens with one attached hydrogen (secondary N) is 1. The fourth-order valence-electron chi connectivity index (χ4n) is 2.79. The van der Waals surface area contributed by atoms with Crippen LogP contribution in [0.15, 0.2) is 4.79 Å². The van der Waals surface area contributed by atoms with Gasteiger partial charge in [-0.3, -0.25) is 9.78 Å². The van der Waals surface area contributed by atoms with E-state index in [-0.39, 0.29) is 38.7 Å². The molecule has 1 saturated heterocycles. The number of nitriles is 1. The lowest BCUT2D eigenvalue weighted by atomic mass is 9.95. The van der Waals surface area contributed by atoms with Gasteiger partial charge in [0.2, 0.25) is 5.95 Å². The average molecular weight is 306 g/mol. The van der Waals surface area contributed by atoms with Gasteiger partial charge in [-0.2, -0.15) is 4.98 Å². The maximum Gasteiger partial charge on any atom is 0.362 e. The molecule has 0 amide bonds. The van der Waals surface area contributed by atoms with Crippen molar-refractivity contribution in [1.29, 1.82) is 5.26 Å². The van der Waals surface area contributed by atoms with Crippen LogP contribution in [-0.4, -0.2) is 59.3 Å². The van der Waals surface area contributed by atoms with Gasteiger partial charge in [0.25, 0.3) is 5.56 Å². The number of aromatic nitrogens is 2. The topological polar surface area (TPSA) is 152 Å². The van der Waals surface area contributed by atoms with Crippen LogP contribution >= 0.6 is 0 Å². The number of ether oxygens (including phenoxy) is 1. The minimum atomic E-state index is -0.803. The summed E-state index contributed by atoms with van der Waals surface area (Å²) in [6.45, 7) is -0.0802. The largest absolute Gasteiger partial charge is 0.394 e. The monoisotopic (exact) mass is 306 g/mol. The van der Waals surface area contributed by atoms with E-state index in [4.69, 9.17) is 20.8 Å². The lowest BCUT2D eigenvalue weighted by Crippen LogP contribution is -2.40. The first kappa shape index (κ1) is 14.6. The van der Waals surface area contributed by atoms with Gasteiger partial charge in [0.05, 0.1) is 19.4 Å². The molecule has 0 unspecified atom stereocenters. The molecule has 0 aromatic carbocycles. The summed E-state index contributed by atoms with van der Waals surface area (Å²) in [6, 6.07) is 0. The van der Waals surface area contributed by atoms with Crippen LogP contribution in [0, 0.1) is 11.2 Å². The van der Waals surface area contributed by atoms with Gasteiger partial charge >= 0.3 is 7.41 Å². The van der Waals surface area contributed by atoms with Gasteiger partial charge < -0.3 is 30.4 Å². The highest BCUT2D eigenvalue weighted by molar-refractivity contribution is 6.50. The number of H-pyrrole nitrogens is 1. The zero-order valence-corrected chi connectivity index (χ0v) is 11.6. The summed E-state index contributed by atoms with van der Waals surface area (Å²) in [4.78, 5) is 21.8. The van der Waals surface area contributed by atoms with E-state index < -0.39 is 24.0 Å². The zero-order chi connectivity index (χ0) is 15.9. The highest BCUT2D eigenvalue weighted by Crippen LogP contribution is 2.35. The third kappa shape index (κ3) is 2.27. The molecule has 2 aliphatic rings. The summed E-state index contributed by atoms with van der Waals surface area (Å²) >= 11 is 0. The Bertz CT molecular complexity index is 676. The molecule has 5 N–H and O–H groups in total. The summed E-state index contributed by atoms with van der Waals surface area (Å²) in [5.41, 5.74) is 5.40. The van der Waals surface area contributed by atoms with Crippen LogP contribution < -0.4 is 21.0 Å². The van der Waals surface area contributed by atoms with Gasteiger partial charge in [0, 0.05) is 12.4 Å². The van der Waals surface area contributed by atoms with Crippen molar-refractivity contribution in [2.45, 2.75) is 24.9 Å². The molecule has 0 aliphatic carbocycles. The van der Waals surface area contributed by atoms with Crippen molar-refractivity contribution in [3.63, 3.8) is 0 Å². The van der Waals surface area contributed by atoms with Gasteiger partial charge in [0.15, 0.2) is 5.82 Å². The van der Waals surface area contributed by atoms with Gasteiger partial charge in [-0.05, 0) is 0 Å². The third-order valence-corrected chi connectivity index (χ3v) is 3.80. The van der Waals surface area contributed by atoms with Crippen LogP contribution in [0.3, 0.4) is 0 Å². The molecule has 22 heavy (non-hydrogen) atoms. The number of anilines is 3. The smallest absolute Gasteiger partial charge is 0.362 e. The number of aliphatic hydroxyl groups is 2. The van der Waals surface area contributed by atoms with Crippen molar-refractivity contribution in [2.24, 2.45) is 0 Å². The van der Waals surface area contributed by atoms with E-state index in [9.17, 15) is 9.90 Å². The second-order valence-electron chi connectivity index (χ2n) is 5.21. The SMILES string of the molecule is N#CBN1CN([C@H]2C[C@H](O)[C@@H](CO)O2)c2nc(N)[nH]c(=O)c21. The normalized spacial score (nSPS) is 26.9. The Morgan fingerprint density at radius 1 is 1.64 bits per heavy atom. The number of rotatable bonds is 3. The molecule has 0 bridgehead atoms. The van der Waals surface area contributed by atoms with Crippen LogP contribution in [0.2, 0.25) is 0 Å². The van der Waals surface area contributed by atoms with Crippen molar-refractivity contribution < 1.29 is 14.9 Å². The van der Waals surface area contributed by atoms with Crippen LogP contribution in [0.5, 0.6) is 0 Å². The molecule has 10 nitrogen and oxygen atoms in total. The summed E-state index contributed by atoms with van der Waals surface area (Å²) in [5.74, 6) is 2.26. The second kappa shape index (κ2) is 5.49. The van der Waals surface area contributed by atoms with Crippen LogP contribution in [0.1, 0.15) is 6.42 Å². The van der Waals surface area contributed by atoms with Crippen LogP contribution in [-0.2, 0) is 4.74 Å². The second-order valence-corrected chi connectivity index (χ2v) is 5.21. The van der Waals surface area contributed by atoms with E-state index in [0.29, 0.717) is 5.82 Å². The summed E-state index contributed by atoms with van der Waals surface area (Å²) in [5, 5.41) is 27.9. The molecule has 3 rings (SSSR count). The molecule has 1 fully saturated rings. The molecule has 3 atom stereocenters. The number of hydrogen-bond donors (Lipinski definition) is 4. The van der Waals surface area contributed by atoms with Gasteiger partial charge in [-0.1, -0.05) is 0 Å². The molecule has 2 aliphatic heterocycles. The third-order valence-electron chi connectivity index (χ3n) is 3.80. The number of aromatic amines is 1. The van der Waals surface area contributed by atoms with Gasteiger partial charge in [-0.15, -0.1) is 0 Å². The Balaban J connectivity index is 1.96. The van der Waals surface area contributed by atoms with Crippen molar-refractivity contribution in [3.05, 3.63) is 10.4 Å². The van der Waals surface area contributed by atoms with E-state index >= 15 is 0 Å². The highest BCUT2D eigenvalue weighted by atomic mass is 16.5. The lowest BCUT2D eigenvalue weighted by molar-refractivity contribution is -0.0219. The van der Waals surface area contributed by atoms with Crippen LogP contribution in [0.25, 0.3) is 0 Å². The Morgan fingerprint density at radius 2 is 2.41 bits per heavy atom. The van der Waals surface area contributed by atoms with Crippen molar-refractivity contribution in [1.82, 2.24) is 9.97 Å². The average Bonchev–Trinajstić information content (AvgIpc) is 3.00. The molecular formula is C11H15BN6O4. The Morgan fingerprint density at radius 3 is 3.05 bits per heavy atom. The Labute approximate surface area is 126 Å². The first-order chi connectivity index (χ1) is 10.5. The number of aliphatic hydroxyl groups excluding tert-OH is 2. The first-order valence-corrected chi connectivity index (χ1v) is 6.78. The lowest BCUT2D eigenvalue weighted by Gasteiger charge is -2.25. The molecule has 0 radical (unpaired) electrons. The number of hydrogen-bond acceptors (Lipinski definition) is 9. The predicted molar refractivity (Wildman–Crippen MR) is 78.2 cm³/mol. The van der Waals surface area contributed by atoms with E-state index in [1.807, 2.05) is 5.97 Å². The van der Waals surface area contributed by atoms with Gasteiger partial charge in [-0.25, -0.2) is 5.26 Å². The summed E-state index contributed by atoms with van der Waals surface area (Å²) in [7, 11) is 0.0108. The first-order valence-electron chi connectivity index (χ1n) is 6.78. The molecule has 0 saturated carbocycles. The quantitative estimate of drug-likeness (QED) is 0.435. The maximum absolute atomic E-state index is 12.1. The summed E-state index contributed by atoms with van der Waals surface area (Å²) < 4.78 is 5.59. The van der Waals surface area contributed by atoms with E-state index in [2.05, 4.69) is 9.97 Å². The zero-order valence-electron chi connectivity index (χ0n) is 11.6. The highest BCUT2D eigenvalue weighted by Gasteiger charge is 2.42. The molecule has 1 aromatic rings. The van der Waals surface area contributed by atoms with Crippen molar-refractivity contribution in [3.8, 4) is 5.97 Å². The molecule has 3 heterocycles. The maximum atomic E-state index is 12.1. The van der Waals surface area contributed by atoms with E-state index in [1.54, 1.807) is 9.71 Å². The van der Waals surface area contributed by atoms with Crippen molar-refractivity contribution >= 4 is 24.9 Å². The minimum Gasteiger partial charge on any atom is -0.394 e. The van der Waals surface area contributed by atoms with E-state index in [0.717, 1.165) is 0 Å². The Kier molecular flexibility index (Phi) is 3.65. The van der Waals surface area contributed by atoms with Crippen molar-refractivity contribution in [2.75, 3.05) is 28.7 Å². The fraction of sp³-hybridized carbons (Fsp3) is 0.545. The van der Waals surface area contributed by atoms with Crippen LogP contribution in [0.4, 0.5) is 17.5 Å². The fourth-order valence-corrected chi connectivity index (χ4v) is 2.79.